The van der Waals surface area contributed by atoms with E-state index in [0.717, 1.165) is 5.56 Å². The predicted molar refractivity (Wildman–Crippen MR) is 80.1 cm³/mol. The van der Waals surface area contributed by atoms with Gasteiger partial charge in [0.05, 0.1) is 17.1 Å². The Labute approximate surface area is 122 Å². The molecule has 0 aliphatic carbocycles. The molecule has 0 bridgehead atoms. The molecule has 2 rings (SSSR count). The highest BCUT2D eigenvalue weighted by molar-refractivity contribution is 5.61. The third-order valence-electron chi connectivity index (χ3n) is 3.43. The van der Waals surface area contributed by atoms with Crippen LogP contribution in [0.4, 0.5) is 11.5 Å². The number of anilines is 1. The van der Waals surface area contributed by atoms with E-state index in [1.54, 1.807) is 19.9 Å². The van der Waals surface area contributed by atoms with Crippen molar-refractivity contribution in [3.8, 4) is 0 Å². The summed E-state index contributed by atoms with van der Waals surface area (Å²) in [5.74, 6) is 0.153. The van der Waals surface area contributed by atoms with Crippen LogP contribution in [0.3, 0.4) is 0 Å². The SMILES string of the molecule is Cc1ccnc(NC(C)(CO)c2ccccc2)c1[N+](=O)[O-]. The molecule has 2 N–H and O–H groups in total. The van der Waals surface area contributed by atoms with Gasteiger partial charge in [0.1, 0.15) is 0 Å². The van der Waals surface area contributed by atoms with E-state index in [4.69, 9.17) is 0 Å². The largest absolute Gasteiger partial charge is 0.394 e. The minimum absolute atomic E-state index is 0.0758. The molecule has 0 aliphatic rings. The highest BCUT2D eigenvalue weighted by atomic mass is 16.6. The summed E-state index contributed by atoms with van der Waals surface area (Å²) in [6.07, 6.45) is 1.51. The van der Waals surface area contributed by atoms with Crippen LogP contribution in [0.25, 0.3) is 0 Å². The Balaban J connectivity index is 2.45. The number of hydrogen-bond acceptors (Lipinski definition) is 5. The van der Waals surface area contributed by atoms with Crippen molar-refractivity contribution in [2.24, 2.45) is 0 Å². The molecule has 2 aromatic rings. The van der Waals surface area contributed by atoms with Crippen LogP contribution in [0, 0.1) is 17.0 Å². The van der Waals surface area contributed by atoms with E-state index in [-0.39, 0.29) is 18.1 Å². The van der Waals surface area contributed by atoms with Crippen molar-refractivity contribution in [1.29, 1.82) is 0 Å². The monoisotopic (exact) mass is 287 g/mol. The summed E-state index contributed by atoms with van der Waals surface area (Å²) >= 11 is 0. The smallest absolute Gasteiger partial charge is 0.314 e. The minimum atomic E-state index is -0.854. The number of hydrogen-bond donors (Lipinski definition) is 2. The first kappa shape index (κ1) is 14.9. The first-order valence-electron chi connectivity index (χ1n) is 6.52. The minimum Gasteiger partial charge on any atom is -0.394 e. The average molecular weight is 287 g/mol. The van der Waals surface area contributed by atoms with Crippen molar-refractivity contribution < 1.29 is 10.0 Å². The lowest BCUT2D eigenvalue weighted by molar-refractivity contribution is -0.384. The zero-order chi connectivity index (χ0) is 15.5. The van der Waals surface area contributed by atoms with E-state index < -0.39 is 10.5 Å². The van der Waals surface area contributed by atoms with Crippen LogP contribution < -0.4 is 5.32 Å². The van der Waals surface area contributed by atoms with Crippen molar-refractivity contribution in [3.05, 3.63) is 63.8 Å². The molecular weight excluding hydrogens is 270 g/mol. The predicted octanol–water partition coefficient (Wildman–Crippen LogP) is 2.62. The Kier molecular flexibility index (Phi) is 4.18. The molecule has 6 heteroatoms. The molecule has 0 amide bonds. The molecule has 1 atom stereocenters. The fourth-order valence-electron chi connectivity index (χ4n) is 2.14. The normalized spacial score (nSPS) is 13.5. The van der Waals surface area contributed by atoms with Crippen LogP contribution in [0.2, 0.25) is 0 Å². The van der Waals surface area contributed by atoms with Gasteiger partial charge in [0.15, 0.2) is 0 Å². The average Bonchev–Trinajstić information content (AvgIpc) is 2.47. The van der Waals surface area contributed by atoms with E-state index in [9.17, 15) is 15.2 Å². The van der Waals surface area contributed by atoms with Gasteiger partial charge in [0, 0.05) is 11.8 Å². The number of benzene rings is 1. The molecule has 1 unspecified atom stereocenters. The van der Waals surface area contributed by atoms with Gasteiger partial charge in [-0.15, -0.1) is 0 Å². The number of nitrogens with one attached hydrogen (secondary N) is 1. The van der Waals surface area contributed by atoms with E-state index in [2.05, 4.69) is 10.3 Å². The molecule has 6 nitrogen and oxygen atoms in total. The zero-order valence-corrected chi connectivity index (χ0v) is 11.9. The molecule has 0 aliphatic heterocycles. The van der Waals surface area contributed by atoms with Gasteiger partial charge < -0.3 is 10.4 Å². The lowest BCUT2D eigenvalue weighted by atomic mass is 9.93. The van der Waals surface area contributed by atoms with Gasteiger partial charge in [-0.3, -0.25) is 10.1 Å². The molecule has 0 fully saturated rings. The molecule has 21 heavy (non-hydrogen) atoms. The molecule has 110 valence electrons. The number of nitrogens with zero attached hydrogens (tertiary/aromatic N) is 2. The molecule has 0 radical (unpaired) electrons. The lowest BCUT2D eigenvalue weighted by Gasteiger charge is -2.29. The highest BCUT2D eigenvalue weighted by Gasteiger charge is 2.30. The van der Waals surface area contributed by atoms with Crippen molar-refractivity contribution in [1.82, 2.24) is 4.98 Å². The lowest BCUT2D eigenvalue weighted by Crippen LogP contribution is -2.36. The zero-order valence-electron chi connectivity index (χ0n) is 11.9. The molecule has 0 saturated heterocycles. The van der Waals surface area contributed by atoms with Crippen molar-refractivity contribution >= 4 is 11.5 Å². The fourth-order valence-corrected chi connectivity index (χ4v) is 2.14. The van der Waals surface area contributed by atoms with E-state index in [0.29, 0.717) is 5.56 Å². The summed E-state index contributed by atoms with van der Waals surface area (Å²) in [6, 6.07) is 10.9. The number of aromatic nitrogens is 1. The fraction of sp³-hybridized carbons (Fsp3) is 0.267. The topological polar surface area (TPSA) is 88.3 Å². The maximum atomic E-state index is 11.2. The second-order valence-corrected chi connectivity index (χ2v) is 5.06. The summed E-state index contributed by atoms with van der Waals surface area (Å²) in [7, 11) is 0. The number of aliphatic hydroxyl groups excluding tert-OH is 1. The van der Waals surface area contributed by atoms with Gasteiger partial charge in [-0.2, -0.15) is 0 Å². The third kappa shape index (κ3) is 3.00. The van der Waals surface area contributed by atoms with Crippen LogP contribution in [0.15, 0.2) is 42.6 Å². The number of aliphatic hydroxyl groups is 1. The van der Waals surface area contributed by atoms with E-state index >= 15 is 0 Å². The Bertz CT molecular complexity index is 646. The summed E-state index contributed by atoms with van der Waals surface area (Å²) in [5, 5.41) is 24.0. The summed E-state index contributed by atoms with van der Waals surface area (Å²) in [4.78, 5) is 14.8. The summed E-state index contributed by atoms with van der Waals surface area (Å²) < 4.78 is 0. The van der Waals surface area contributed by atoms with Crippen molar-refractivity contribution in [2.75, 3.05) is 11.9 Å². The number of aryl methyl sites for hydroxylation is 1. The van der Waals surface area contributed by atoms with Crippen LogP contribution in [0.5, 0.6) is 0 Å². The number of rotatable bonds is 5. The molecule has 1 aromatic heterocycles. The Morgan fingerprint density at radius 1 is 1.33 bits per heavy atom. The van der Waals surface area contributed by atoms with Gasteiger partial charge in [-0.05, 0) is 25.5 Å². The quantitative estimate of drug-likeness (QED) is 0.652. The second kappa shape index (κ2) is 5.88. The third-order valence-corrected chi connectivity index (χ3v) is 3.43. The van der Waals surface area contributed by atoms with Crippen LogP contribution in [0.1, 0.15) is 18.1 Å². The second-order valence-electron chi connectivity index (χ2n) is 5.06. The standard InChI is InChI=1S/C15H17N3O3/c1-11-8-9-16-14(13(11)18(20)21)17-15(2,10-19)12-6-4-3-5-7-12/h3-9,19H,10H2,1-2H3,(H,16,17). The first-order chi connectivity index (χ1) is 9.98. The van der Waals surface area contributed by atoms with Crippen LogP contribution >= 0.6 is 0 Å². The van der Waals surface area contributed by atoms with Crippen LogP contribution in [-0.2, 0) is 5.54 Å². The Hall–Kier alpha value is -2.47. The number of pyridine rings is 1. The van der Waals surface area contributed by atoms with Gasteiger partial charge in [0.25, 0.3) is 0 Å². The van der Waals surface area contributed by atoms with E-state index in [1.807, 2.05) is 30.3 Å². The van der Waals surface area contributed by atoms with Gasteiger partial charge in [-0.1, -0.05) is 30.3 Å². The Morgan fingerprint density at radius 3 is 2.57 bits per heavy atom. The first-order valence-corrected chi connectivity index (χ1v) is 6.52. The van der Waals surface area contributed by atoms with Gasteiger partial charge in [0.2, 0.25) is 5.82 Å². The molecule has 0 saturated carbocycles. The summed E-state index contributed by atoms with van der Waals surface area (Å²) in [5.41, 5.74) is 0.413. The molecule has 1 aromatic carbocycles. The maximum Gasteiger partial charge on any atom is 0.314 e. The van der Waals surface area contributed by atoms with E-state index in [1.165, 1.54) is 6.20 Å². The maximum absolute atomic E-state index is 11.2. The molecule has 1 heterocycles. The Morgan fingerprint density at radius 2 is 2.00 bits per heavy atom. The highest BCUT2D eigenvalue weighted by Crippen LogP contribution is 2.31. The van der Waals surface area contributed by atoms with Crippen LogP contribution in [-0.4, -0.2) is 21.6 Å². The van der Waals surface area contributed by atoms with Crippen molar-refractivity contribution in [3.63, 3.8) is 0 Å². The van der Waals surface area contributed by atoms with Crippen molar-refractivity contribution in [2.45, 2.75) is 19.4 Å². The number of nitro groups is 1. The molecule has 0 spiro atoms. The summed E-state index contributed by atoms with van der Waals surface area (Å²) in [6.45, 7) is 3.21. The van der Waals surface area contributed by atoms with Gasteiger partial charge in [-0.25, -0.2) is 4.98 Å². The van der Waals surface area contributed by atoms with Gasteiger partial charge >= 0.3 is 5.69 Å². The molecular formula is C15H17N3O3.